The van der Waals surface area contributed by atoms with Gasteiger partial charge in [0.15, 0.2) is 0 Å². The number of hydrogen-bond acceptors (Lipinski definition) is 3. The average Bonchev–Trinajstić information content (AvgIpc) is 2.31. The molecule has 0 saturated carbocycles. The summed E-state index contributed by atoms with van der Waals surface area (Å²) in [5, 5.41) is 10.9. The molecule has 0 spiro atoms. The highest BCUT2D eigenvalue weighted by Crippen LogP contribution is 2.46. The minimum absolute atomic E-state index is 0.277. The second-order valence-corrected chi connectivity index (χ2v) is 6.12. The Bertz CT molecular complexity index is 400. The third-order valence-electron chi connectivity index (χ3n) is 3.59. The van der Waals surface area contributed by atoms with Gasteiger partial charge in [0.25, 0.3) is 0 Å². The number of nitrogens with zero attached hydrogens (tertiary/aromatic N) is 1. The Kier molecular flexibility index (Phi) is 2.79. The van der Waals surface area contributed by atoms with Crippen LogP contribution in [0.4, 0.5) is 0 Å². The fourth-order valence-electron chi connectivity index (χ4n) is 2.85. The summed E-state index contributed by atoms with van der Waals surface area (Å²) in [6.45, 7) is 7.96. The van der Waals surface area contributed by atoms with Crippen LogP contribution in [0, 0.1) is 0 Å². The van der Waals surface area contributed by atoms with Crippen molar-refractivity contribution in [2.45, 2.75) is 57.3 Å². The maximum atomic E-state index is 10.9. The normalized spacial score (nSPS) is 30.4. The van der Waals surface area contributed by atoms with Crippen LogP contribution >= 0.6 is 0 Å². The van der Waals surface area contributed by atoms with Crippen LogP contribution in [0.1, 0.15) is 39.7 Å². The summed E-state index contributed by atoms with van der Waals surface area (Å²) in [6, 6.07) is 3.89. The maximum Gasteiger partial charge on any atom is 0.0998 e. The minimum atomic E-state index is -0.834. The van der Waals surface area contributed by atoms with E-state index in [2.05, 4.69) is 4.98 Å². The van der Waals surface area contributed by atoms with Gasteiger partial charge < -0.3 is 9.84 Å². The molecule has 0 amide bonds. The van der Waals surface area contributed by atoms with Crippen LogP contribution in [0.25, 0.3) is 0 Å². The van der Waals surface area contributed by atoms with Crippen LogP contribution in [0.5, 0.6) is 0 Å². The van der Waals surface area contributed by atoms with Crippen molar-refractivity contribution in [2.75, 3.05) is 0 Å². The van der Waals surface area contributed by atoms with Gasteiger partial charge in [-0.25, -0.2) is 0 Å². The summed E-state index contributed by atoms with van der Waals surface area (Å²) in [4.78, 5) is 4.09. The molecule has 0 radical (unpaired) electrons. The number of aliphatic hydroxyl groups is 1. The van der Waals surface area contributed by atoms with Gasteiger partial charge in [-0.3, -0.25) is 4.98 Å². The van der Waals surface area contributed by atoms with E-state index in [4.69, 9.17) is 4.74 Å². The second kappa shape index (κ2) is 3.79. The number of rotatable bonds is 2. The van der Waals surface area contributed by atoms with Crippen LogP contribution in [0.3, 0.4) is 0 Å². The van der Waals surface area contributed by atoms with Crippen molar-refractivity contribution in [1.29, 1.82) is 0 Å². The zero-order chi connectivity index (χ0) is 12.7. The summed E-state index contributed by atoms with van der Waals surface area (Å²) in [6.07, 6.45) is 4.77. The van der Waals surface area contributed by atoms with Gasteiger partial charge in [-0.05, 0) is 39.3 Å². The molecule has 1 aliphatic rings. The lowest BCUT2D eigenvalue weighted by atomic mass is 9.78. The second-order valence-electron chi connectivity index (χ2n) is 6.12. The Morgan fingerprint density at radius 3 is 2.53 bits per heavy atom. The molecular formula is C14H21NO2. The van der Waals surface area contributed by atoms with Gasteiger partial charge >= 0.3 is 0 Å². The van der Waals surface area contributed by atoms with Crippen molar-refractivity contribution in [3.05, 3.63) is 30.1 Å². The third-order valence-corrected chi connectivity index (χ3v) is 3.59. The van der Waals surface area contributed by atoms with Crippen LogP contribution in [-0.4, -0.2) is 26.9 Å². The van der Waals surface area contributed by atoms with Gasteiger partial charge in [0, 0.05) is 25.2 Å². The van der Waals surface area contributed by atoms with E-state index in [1.807, 2.05) is 39.8 Å². The molecule has 3 nitrogen and oxygen atoms in total. The lowest BCUT2D eigenvalue weighted by Crippen LogP contribution is -2.48. The topological polar surface area (TPSA) is 42.4 Å². The van der Waals surface area contributed by atoms with Crippen LogP contribution in [-0.2, 0) is 11.2 Å². The summed E-state index contributed by atoms with van der Waals surface area (Å²) >= 11 is 0. The Labute approximate surface area is 103 Å². The molecule has 2 heterocycles. The molecule has 94 valence electrons. The van der Waals surface area contributed by atoms with E-state index in [1.54, 1.807) is 12.4 Å². The van der Waals surface area contributed by atoms with E-state index >= 15 is 0 Å². The molecule has 1 aliphatic heterocycles. The largest absolute Gasteiger partial charge is 0.386 e. The first-order valence-electron chi connectivity index (χ1n) is 6.06. The zero-order valence-electron chi connectivity index (χ0n) is 11.0. The first-order valence-corrected chi connectivity index (χ1v) is 6.06. The van der Waals surface area contributed by atoms with Crippen molar-refractivity contribution < 1.29 is 9.84 Å². The number of ether oxygens (including phenoxy) is 1. The summed E-state index contributed by atoms with van der Waals surface area (Å²) in [5.74, 6) is 0. The molecule has 17 heavy (non-hydrogen) atoms. The standard InChI is InChI=1S/C14H21NO2/c1-12(2)10-14(16,13(3,4)17-12)8-11-6-5-7-15-9-11/h5-7,9,16H,8,10H2,1-4H3. The molecule has 1 fully saturated rings. The Morgan fingerprint density at radius 1 is 1.35 bits per heavy atom. The van der Waals surface area contributed by atoms with Crippen molar-refractivity contribution in [2.24, 2.45) is 0 Å². The summed E-state index contributed by atoms with van der Waals surface area (Å²) < 4.78 is 5.95. The predicted octanol–water partition coefficient (Wildman–Crippen LogP) is 2.33. The molecule has 1 aromatic rings. The molecule has 3 heteroatoms. The monoisotopic (exact) mass is 235 g/mol. The zero-order valence-corrected chi connectivity index (χ0v) is 11.0. The molecule has 1 saturated heterocycles. The number of hydrogen-bond donors (Lipinski definition) is 1. The highest BCUT2D eigenvalue weighted by molar-refractivity contribution is 5.17. The molecule has 1 aromatic heterocycles. The molecule has 1 atom stereocenters. The quantitative estimate of drug-likeness (QED) is 0.855. The first kappa shape index (κ1) is 12.5. The van der Waals surface area contributed by atoms with Gasteiger partial charge in [0.05, 0.1) is 16.8 Å². The molecule has 0 aromatic carbocycles. The molecule has 0 aliphatic carbocycles. The van der Waals surface area contributed by atoms with Crippen LogP contribution in [0.15, 0.2) is 24.5 Å². The maximum absolute atomic E-state index is 10.9. The van der Waals surface area contributed by atoms with Crippen molar-refractivity contribution in [1.82, 2.24) is 4.98 Å². The Morgan fingerprint density at radius 2 is 2.06 bits per heavy atom. The van der Waals surface area contributed by atoms with E-state index in [-0.39, 0.29) is 5.60 Å². The SMILES string of the molecule is CC1(C)CC(O)(Cc2cccnc2)C(C)(C)O1. The van der Waals surface area contributed by atoms with Crippen molar-refractivity contribution in [3.63, 3.8) is 0 Å². The van der Waals surface area contributed by atoms with Gasteiger partial charge in [-0.1, -0.05) is 6.07 Å². The fraction of sp³-hybridized carbons (Fsp3) is 0.643. The molecule has 1 unspecified atom stereocenters. The fourth-order valence-corrected chi connectivity index (χ4v) is 2.85. The summed E-state index contributed by atoms with van der Waals surface area (Å²) in [7, 11) is 0. The Hall–Kier alpha value is -0.930. The number of pyridine rings is 1. The van der Waals surface area contributed by atoms with Gasteiger partial charge in [-0.2, -0.15) is 0 Å². The van der Waals surface area contributed by atoms with E-state index in [0.29, 0.717) is 12.8 Å². The van der Waals surface area contributed by atoms with Gasteiger partial charge in [0.1, 0.15) is 0 Å². The van der Waals surface area contributed by atoms with Gasteiger partial charge in [0.2, 0.25) is 0 Å². The predicted molar refractivity (Wildman–Crippen MR) is 66.8 cm³/mol. The lowest BCUT2D eigenvalue weighted by molar-refractivity contribution is -0.125. The molecular weight excluding hydrogens is 214 g/mol. The van der Waals surface area contributed by atoms with Gasteiger partial charge in [-0.15, -0.1) is 0 Å². The van der Waals surface area contributed by atoms with E-state index in [9.17, 15) is 5.11 Å². The number of aromatic nitrogens is 1. The van der Waals surface area contributed by atoms with Crippen molar-refractivity contribution >= 4 is 0 Å². The summed E-state index contributed by atoms with van der Waals surface area (Å²) in [5.41, 5.74) is -0.601. The van der Waals surface area contributed by atoms with E-state index in [0.717, 1.165) is 5.56 Å². The minimum Gasteiger partial charge on any atom is -0.386 e. The highest BCUT2D eigenvalue weighted by atomic mass is 16.5. The van der Waals surface area contributed by atoms with E-state index < -0.39 is 11.2 Å². The Balaban J connectivity index is 2.25. The first-order chi connectivity index (χ1) is 7.74. The van der Waals surface area contributed by atoms with Crippen molar-refractivity contribution in [3.8, 4) is 0 Å². The van der Waals surface area contributed by atoms with E-state index in [1.165, 1.54) is 0 Å². The third kappa shape index (κ3) is 2.35. The molecule has 2 rings (SSSR count). The van der Waals surface area contributed by atoms with Crippen LogP contribution in [0.2, 0.25) is 0 Å². The molecule has 0 bridgehead atoms. The smallest absolute Gasteiger partial charge is 0.0998 e. The van der Waals surface area contributed by atoms with Crippen LogP contribution < -0.4 is 0 Å². The molecule has 1 N–H and O–H groups in total. The highest BCUT2D eigenvalue weighted by Gasteiger charge is 2.56. The lowest BCUT2D eigenvalue weighted by Gasteiger charge is -2.35. The average molecular weight is 235 g/mol.